The van der Waals surface area contributed by atoms with Crippen LogP contribution in [0.2, 0.25) is 0 Å². The first-order chi connectivity index (χ1) is 13.3. The highest BCUT2D eigenvalue weighted by Gasteiger charge is 2.21. The smallest absolute Gasteiger partial charge is 0.292 e. The fraction of sp³-hybridized carbons (Fsp3) is 0.318. The zero-order valence-electron chi connectivity index (χ0n) is 15.4. The molecule has 5 heteroatoms. The van der Waals surface area contributed by atoms with E-state index in [0.29, 0.717) is 11.7 Å². The maximum absolute atomic E-state index is 12.1. The number of piperidine rings is 1. The van der Waals surface area contributed by atoms with E-state index in [0.717, 1.165) is 44.7 Å². The highest BCUT2D eigenvalue weighted by atomic mass is 16.3. The Balaban J connectivity index is 1.26. The molecule has 1 aliphatic heterocycles. The molecule has 1 aromatic carbocycles. The number of amides is 1. The monoisotopic (exact) mass is 363 g/mol. The Hall–Kier alpha value is -2.79. The van der Waals surface area contributed by atoms with Crippen LogP contribution in [-0.2, 0) is 6.42 Å². The van der Waals surface area contributed by atoms with Gasteiger partial charge in [0.15, 0.2) is 5.76 Å². The first-order valence-electron chi connectivity index (χ1n) is 9.57. The first kappa shape index (κ1) is 17.6. The van der Waals surface area contributed by atoms with Crippen molar-refractivity contribution >= 4 is 11.7 Å². The summed E-state index contributed by atoms with van der Waals surface area (Å²) in [4.78, 5) is 17.8. The van der Waals surface area contributed by atoms with Gasteiger partial charge in [-0.3, -0.25) is 4.79 Å². The molecule has 0 aliphatic carbocycles. The highest BCUT2D eigenvalue weighted by molar-refractivity contribution is 6.01. The summed E-state index contributed by atoms with van der Waals surface area (Å²) in [5.74, 6) is 1.35. The van der Waals surface area contributed by atoms with Crippen molar-refractivity contribution in [3.05, 3.63) is 77.9 Å². The van der Waals surface area contributed by atoms with E-state index in [1.165, 1.54) is 17.4 Å². The molecule has 0 radical (unpaired) electrons. The van der Waals surface area contributed by atoms with Crippen molar-refractivity contribution in [2.75, 3.05) is 25.0 Å². The van der Waals surface area contributed by atoms with Gasteiger partial charge >= 0.3 is 0 Å². The summed E-state index contributed by atoms with van der Waals surface area (Å²) >= 11 is 0. The van der Waals surface area contributed by atoms with Crippen LogP contribution in [0.3, 0.4) is 0 Å². The maximum atomic E-state index is 12.1. The van der Waals surface area contributed by atoms with E-state index in [-0.39, 0.29) is 5.91 Å². The van der Waals surface area contributed by atoms with Gasteiger partial charge < -0.3 is 19.6 Å². The van der Waals surface area contributed by atoms with Gasteiger partial charge in [0.25, 0.3) is 5.91 Å². The van der Waals surface area contributed by atoms with Crippen LogP contribution in [-0.4, -0.2) is 35.4 Å². The van der Waals surface area contributed by atoms with Gasteiger partial charge in [-0.05, 0) is 67.6 Å². The molecule has 0 bridgehead atoms. The molecule has 1 aliphatic rings. The molecule has 1 amide bonds. The number of H-pyrrole nitrogens is 1. The molecule has 0 saturated carbocycles. The summed E-state index contributed by atoms with van der Waals surface area (Å²) in [6.07, 6.45) is 6.93. The van der Waals surface area contributed by atoms with Crippen molar-refractivity contribution in [2.24, 2.45) is 0 Å². The van der Waals surface area contributed by atoms with Crippen LogP contribution in [0, 0.1) is 0 Å². The Morgan fingerprint density at radius 3 is 2.70 bits per heavy atom. The molecule has 27 heavy (non-hydrogen) atoms. The van der Waals surface area contributed by atoms with Crippen molar-refractivity contribution in [3.63, 3.8) is 0 Å². The van der Waals surface area contributed by atoms with Crippen molar-refractivity contribution < 1.29 is 9.21 Å². The molecule has 5 nitrogen and oxygen atoms in total. The number of hydrogen-bond donors (Lipinski definition) is 2. The van der Waals surface area contributed by atoms with E-state index < -0.39 is 0 Å². The average Bonchev–Trinajstić information content (AvgIpc) is 3.40. The van der Waals surface area contributed by atoms with Gasteiger partial charge in [0.05, 0.1) is 6.26 Å². The van der Waals surface area contributed by atoms with E-state index in [1.54, 1.807) is 12.1 Å². The van der Waals surface area contributed by atoms with Gasteiger partial charge in [-0.2, -0.15) is 0 Å². The van der Waals surface area contributed by atoms with E-state index in [2.05, 4.69) is 45.5 Å². The zero-order chi connectivity index (χ0) is 18.5. The van der Waals surface area contributed by atoms with E-state index in [4.69, 9.17) is 4.42 Å². The molecule has 3 heterocycles. The molecular formula is C22H25N3O2. The Morgan fingerprint density at radius 2 is 1.96 bits per heavy atom. The van der Waals surface area contributed by atoms with E-state index >= 15 is 0 Å². The van der Waals surface area contributed by atoms with Gasteiger partial charge in [-0.15, -0.1) is 0 Å². The number of rotatable bonds is 6. The Kier molecular flexibility index (Phi) is 5.39. The third kappa shape index (κ3) is 4.49. The average molecular weight is 363 g/mol. The lowest BCUT2D eigenvalue weighted by molar-refractivity contribution is 0.0996. The lowest BCUT2D eigenvalue weighted by atomic mass is 9.91. The summed E-state index contributed by atoms with van der Waals surface area (Å²) in [7, 11) is 0. The normalized spacial score (nSPS) is 15.7. The van der Waals surface area contributed by atoms with Gasteiger partial charge in [0.1, 0.15) is 5.82 Å². The van der Waals surface area contributed by atoms with Crippen molar-refractivity contribution in [1.29, 1.82) is 0 Å². The molecule has 140 valence electrons. The third-order valence-electron chi connectivity index (χ3n) is 5.32. The standard InChI is InChI=1S/C22H25N3O2/c26-22(20-7-4-14-27-20)24-21-15-19(16-23-21)18-9-12-25(13-10-18)11-8-17-5-2-1-3-6-17/h1-7,14-16,18,23H,8-13H2,(H,24,26). The first-order valence-corrected chi connectivity index (χ1v) is 9.57. The highest BCUT2D eigenvalue weighted by Crippen LogP contribution is 2.29. The predicted molar refractivity (Wildman–Crippen MR) is 106 cm³/mol. The second kappa shape index (κ2) is 8.27. The molecule has 2 aromatic heterocycles. The van der Waals surface area contributed by atoms with Crippen LogP contribution in [0.1, 0.15) is 40.4 Å². The van der Waals surface area contributed by atoms with Crippen molar-refractivity contribution in [3.8, 4) is 0 Å². The van der Waals surface area contributed by atoms with Crippen LogP contribution >= 0.6 is 0 Å². The second-order valence-electron chi connectivity index (χ2n) is 7.13. The summed E-state index contributed by atoms with van der Waals surface area (Å²) in [6, 6.07) is 16.1. The minimum absolute atomic E-state index is 0.232. The number of carbonyl (C=O) groups is 1. The van der Waals surface area contributed by atoms with Crippen LogP contribution in [0.15, 0.2) is 65.4 Å². The topological polar surface area (TPSA) is 61.3 Å². The summed E-state index contributed by atoms with van der Waals surface area (Å²) < 4.78 is 5.13. The lowest BCUT2D eigenvalue weighted by Gasteiger charge is -2.31. The summed E-state index contributed by atoms with van der Waals surface area (Å²) in [6.45, 7) is 3.36. The van der Waals surface area contributed by atoms with Gasteiger partial charge in [-0.25, -0.2) is 0 Å². The van der Waals surface area contributed by atoms with Gasteiger partial charge in [0, 0.05) is 12.7 Å². The van der Waals surface area contributed by atoms with Crippen LogP contribution < -0.4 is 5.32 Å². The molecule has 0 spiro atoms. The Bertz CT molecular complexity index is 847. The van der Waals surface area contributed by atoms with E-state index in [1.807, 2.05) is 12.3 Å². The number of carbonyl (C=O) groups excluding carboxylic acids is 1. The van der Waals surface area contributed by atoms with Crippen LogP contribution in [0.5, 0.6) is 0 Å². The minimum Gasteiger partial charge on any atom is -0.459 e. The molecule has 1 fully saturated rings. The second-order valence-corrected chi connectivity index (χ2v) is 7.13. The zero-order valence-corrected chi connectivity index (χ0v) is 15.4. The van der Waals surface area contributed by atoms with Gasteiger partial charge in [-0.1, -0.05) is 30.3 Å². The van der Waals surface area contributed by atoms with Crippen molar-refractivity contribution in [1.82, 2.24) is 9.88 Å². The Morgan fingerprint density at radius 1 is 1.15 bits per heavy atom. The molecule has 4 rings (SSSR count). The fourth-order valence-corrected chi connectivity index (χ4v) is 3.73. The quantitative estimate of drug-likeness (QED) is 0.687. The number of aromatic amines is 1. The minimum atomic E-state index is -0.232. The molecular weight excluding hydrogens is 338 g/mol. The molecule has 3 aromatic rings. The SMILES string of the molecule is O=C(Nc1cc(C2CCN(CCc3ccccc3)CC2)c[nH]1)c1ccco1. The molecule has 2 N–H and O–H groups in total. The van der Waals surface area contributed by atoms with E-state index in [9.17, 15) is 4.79 Å². The lowest BCUT2D eigenvalue weighted by Crippen LogP contribution is -2.34. The van der Waals surface area contributed by atoms with Crippen molar-refractivity contribution in [2.45, 2.75) is 25.2 Å². The van der Waals surface area contributed by atoms with Crippen LogP contribution in [0.25, 0.3) is 0 Å². The number of likely N-dealkylation sites (tertiary alicyclic amines) is 1. The Labute approximate surface area is 159 Å². The number of furan rings is 1. The maximum Gasteiger partial charge on any atom is 0.292 e. The predicted octanol–water partition coefficient (Wildman–Crippen LogP) is 4.28. The number of hydrogen-bond acceptors (Lipinski definition) is 3. The van der Waals surface area contributed by atoms with Crippen LogP contribution in [0.4, 0.5) is 5.82 Å². The molecule has 0 atom stereocenters. The number of anilines is 1. The number of aromatic nitrogens is 1. The summed E-state index contributed by atoms with van der Waals surface area (Å²) in [5, 5.41) is 2.85. The number of nitrogens with zero attached hydrogens (tertiary/aromatic N) is 1. The largest absolute Gasteiger partial charge is 0.459 e. The summed E-state index contributed by atoms with van der Waals surface area (Å²) in [5.41, 5.74) is 2.68. The number of benzene rings is 1. The fourth-order valence-electron chi connectivity index (χ4n) is 3.73. The van der Waals surface area contributed by atoms with Gasteiger partial charge in [0.2, 0.25) is 0 Å². The third-order valence-corrected chi connectivity index (χ3v) is 5.32. The molecule has 1 saturated heterocycles. The molecule has 0 unspecified atom stereocenters. The number of nitrogens with one attached hydrogen (secondary N) is 2.